The van der Waals surface area contributed by atoms with Crippen LogP contribution in [0, 0.1) is 0 Å². The molecule has 4 aromatic rings. The quantitative estimate of drug-likeness (QED) is 0.137. The van der Waals surface area contributed by atoms with Gasteiger partial charge in [0, 0.05) is 51.4 Å². The van der Waals surface area contributed by atoms with E-state index < -0.39 is 12.1 Å². The molecule has 2 amide bonds. The molecular weight excluding hydrogens is 665 g/mol. The van der Waals surface area contributed by atoms with E-state index in [1.54, 1.807) is 0 Å². The van der Waals surface area contributed by atoms with Gasteiger partial charge in [0.05, 0.1) is 0 Å². The van der Waals surface area contributed by atoms with Crippen LogP contribution in [-0.2, 0) is 30.8 Å². The highest BCUT2D eigenvalue weighted by Crippen LogP contribution is 2.28. The summed E-state index contributed by atoms with van der Waals surface area (Å²) in [5.41, 5.74) is 7.52. The van der Waals surface area contributed by atoms with Gasteiger partial charge >= 0.3 is 18.2 Å². The molecule has 1 heterocycles. The van der Waals surface area contributed by atoms with E-state index in [4.69, 9.17) is 9.90 Å². The number of halogens is 3. The van der Waals surface area contributed by atoms with Gasteiger partial charge in [-0.2, -0.15) is 13.2 Å². The number of rotatable bonds is 12. The Morgan fingerprint density at radius 3 is 1.94 bits per heavy atom. The number of hydrogen-bond donors (Lipinski definition) is 3. The summed E-state index contributed by atoms with van der Waals surface area (Å²) >= 11 is 0. The number of piperidine rings is 1. The Kier molecular flexibility index (Phi) is 14.3. The lowest BCUT2D eigenvalue weighted by molar-refractivity contribution is -0.192. The van der Waals surface area contributed by atoms with Crippen LogP contribution in [0.15, 0.2) is 109 Å². The van der Waals surface area contributed by atoms with Crippen molar-refractivity contribution in [3.8, 4) is 11.1 Å². The Labute approximate surface area is 304 Å². The average molecular weight is 715 g/mol. The number of urea groups is 1. The lowest BCUT2D eigenvalue weighted by Gasteiger charge is -2.39. The molecule has 1 aliphatic carbocycles. The predicted octanol–water partition coefficient (Wildman–Crippen LogP) is 8.44. The van der Waals surface area contributed by atoms with Gasteiger partial charge in [-0.05, 0) is 65.5 Å². The maximum absolute atomic E-state index is 13.9. The van der Waals surface area contributed by atoms with Gasteiger partial charge in [-0.3, -0.25) is 4.90 Å². The maximum atomic E-state index is 13.9. The number of benzene rings is 4. The van der Waals surface area contributed by atoms with Gasteiger partial charge in [-0.1, -0.05) is 122 Å². The zero-order valence-corrected chi connectivity index (χ0v) is 29.5. The van der Waals surface area contributed by atoms with Crippen LogP contribution in [0.3, 0.4) is 0 Å². The van der Waals surface area contributed by atoms with Crippen LogP contribution in [-0.4, -0.2) is 64.8 Å². The minimum absolute atomic E-state index is 0.0376. The summed E-state index contributed by atoms with van der Waals surface area (Å²) in [5, 5.41) is 14.1. The van der Waals surface area contributed by atoms with Gasteiger partial charge in [-0.15, -0.1) is 0 Å². The summed E-state index contributed by atoms with van der Waals surface area (Å²) in [6.07, 6.45) is 2.99. The van der Waals surface area contributed by atoms with E-state index in [1.165, 1.54) is 59.1 Å². The Balaban J connectivity index is 0.000000679. The van der Waals surface area contributed by atoms with Crippen LogP contribution in [0.1, 0.15) is 60.8 Å². The second kappa shape index (κ2) is 19.2. The van der Waals surface area contributed by atoms with E-state index in [0.29, 0.717) is 19.1 Å². The van der Waals surface area contributed by atoms with Crippen LogP contribution < -0.4 is 10.6 Å². The molecule has 0 atom stereocenters. The summed E-state index contributed by atoms with van der Waals surface area (Å²) in [6.45, 7) is 5.10. The maximum Gasteiger partial charge on any atom is 0.490 e. The third-order valence-corrected chi connectivity index (χ3v) is 9.86. The molecule has 2 aliphatic rings. The van der Waals surface area contributed by atoms with Crippen LogP contribution in [0.4, 0.5) is 18.0 Å². The van der Waals surface area contributed by atoms with Gasteiger partial charge in [0.1, 0.15) is 0 Å². The lowest BCUT2D eigenvalue weighted by atomic mass is 9.96. The monoisotopic (exact) mass is 714 g/mol. The Morgan fingerprint density at radius 2 is 1.33 bits per heavy atom. The minimum Gasteiger partial charge on any atom is -0.475 e. The molecule has 6 rings (SSSR count). The molecule has 0 aromatic heterocycles. The fourth-order valence-corrected chi connectivity index (χ4v) is 6.98. The van der Waals surface area contributed by atoms with Crippen LogP contribution in [0.25, 0.3) is 11.1 Å². The molecule has 0 unspecified atom stereocenters. The fourth-order valence-electron chi connectivity index (χ4n) is 6.98. The van der Waals surface area contributed by atoms with Crippen molar-refractivity contribution in [2.45, 2.75) is 82.8 Å². The average Bonchev–Trinajstić information content (AvgIpc) is 3.69. The van der Waals surface area contributed by atoms with E-state index in [-0.39, 0.29) is 12.1 Å². The number of aliphatic carboxylic acids is 1. The Morgan fingerprint density at radius 1 is 0.750 bits per heavy atom. The summed E-state index contributed by atoms with van der Waals surface area (Å²) in [7, 11) is 0. The Bertz CT molecular complexity index is 1670. The molecule has 7 nitrogen and oxygen atoms in total. The van der Waals surface area contributed by atoms with E-state index >= 15 is 0 Å². The number of alkyl halides is 3. The van der Waals surface area contributed by atoms with Crippen LogP contribution in [0.2, 0.25) is 0 Å². The molecule has 52 heavy (non-hydrogen) atoms. The largest absolute Gasteiger partial charge is 0.490 e. The van der Waals surface area contributed by atoms with Gasteiger partial charge in [0.2, 0.25) is 0 Å². The predicted molar refractivity (Wildman–Crippen MR) is 198 cm³/mol. The molecule has 0 spiro atoms. The van der Waals surface area contributed by atoms with Crippen molar-refractivity contribution < 1.29 is 27.9 Å². The molecule has 0 bridgehead atoms. The van der Waals surface area contributed by atoms with Crippen LogP contribution >= 0.6 is 0 Å². The number of carbonyl (C=O) groups excluding carboxylic acids is 1. The van der Waals surface area contributed by atoms with Crippen molar-refractivity contribution in [3.63, 3.8) is 0 Å². The highest BCUT2D eigenvalue weighted by atomic mass is 19.4. The molecule has 1 aliphatic heterocycles. The molecule has 10 heteroatoms. The first kappa shape index (κ1) is 38.6. The number of likely N-dealkylation sites (tertiary alicyclic amines) is 1. The first-order chi connectivity index (χ1) is 25.2. The van der Waals surface area contributed by atoms with Crippen LogP contribution in [0.5, 0.6) is 0 Å². The number of hydrogen-bond acceptors (Lipinski definition) is 4. The molecule has 2 fully saturated rings. The number of nitrogens with one attached hydrogen (secondary N) is 2. The van der Waals surface area contributed by atoms with Gasteiger partial charge < -0.3 is 20.6 Å². The zero-order valence-electron chi connectivity index (χ0n) is 29.5. The molecule has 4 aromatic carbocycles. The van der Waals surface area contributed by atoms with E-state index in [9.17, 15) is 18.0 Å². The number of carboxylic acids is 1. The third kappa shape index (κ3) is 12.0. The first-order valence-electron chi connectivity index (χ1n) is 18.2. The molecule has 1 saturated heterocycles. The molecule has 1 saturated carbocycles. The molecule has 3 N–H and O–H groups in total. The Hall–Kier alpha value is -4.67. The molecule has 276 valence electrons. The third-order valence-electron chi connectivity index (χ3n) is 9.86. The molecule has 0 radical (unpaired) electrons. The lowest BCUT2D eigenvalue weighted by Crippen LogP contribution is -2.50. The van der Waals surface area contributed by atoms with Crippen molar-refractivity contribution in [2.75, 3.05) is 19.6 Å². The van der Waals surface area contributed by atoms with Gasteiger partial charge in [0.25, 0.3) is 0 Å². The topological polar surface area (TPSA) is 84.9 Å². The SMILES string of the molecule is O=C(NCCc1ccccc1)N(Cc1ccccc1-c1ccc(CNC2CCCC2)cc1)C1CCN(Cc2ccccc2)CC1.O=C(O)C(F)(F)F. The number of amides is 2. The van der Waals surface area contributed by atoms with Crippen molar-refractivity contribution in [3.05, 3.63) is 131 Å². The zero-order chi connectivity index (χ0) is 36.8. The second-order valence-corrected chi connectivity index (χ2v) is 13.6. The van der Waals surface area contributed by atoms with E-state index in [1.807, 2.05) is 6.07 Å². The van der Waals surface area contributed by atoms with Crippen molar-refractivity contribution >= 4 is 12.0 Å². The normalized spacial score (nSPS) is 15.4. The van der Waals surface area contributed by atoms with Crippen molar-refractivity contribution in [1.82, 2.24) is 20.4 Å². The molecular formula is C42H49F3N4O3. The smallest absolute Gasteiger partial charge is 0.475 e. The van der Waals surface area contributed by atoms with Crippen molar-refractivity contribution in [1.29, 1.82) is 0 Å². The van der Waals surface area contributed by atoms with Gasteiger partial charge in [-0.25, -0.2) is 9.59 Å². The van der Waals surface area contributed by atoms with E-state index in [2.05, 4.69) is 124 Å². The minimum atomic E-state index is -5.08. The van der Waals surface area contributed by atoms with Crippen molar-refractivity contribution in [2.24, 2.45) is 0 Å². The number of carbonyl (C=O) groups is 2. The fraction of sp³-hybridized carbons (Fsp3) is 0.381. The number of nitrogens with zero attached hydrogens (tertiary/aromatic N) is 2. The number of carboxylic acid groups (broad SMARTS) is 1. The standard InChI is InChI=1S/C40H48N4O.C2HF3O2/c45-40(41-26-23-32-11-3-1-4-12-32)44(38-24-27-43(28-25-38)30-34-13-5-2-6-14-34)31-36-15-7-10-18-39(36)35-21-19-33(20-22-35)29-42-37-16-8-9-17-37;3-2(4,5)1(6)7/h1-7,10-15,18-22,37-38,42H,8-9,16-17,23-31H2,(H,41,45);(H,6,7). The van der Waals surface area contributed by atoms with Gasteiger partial charge in [0.15, 0.2) is 0 Å². The highest BCUT2D eigenvalue weighted by molar-refractivity contribution is 5.75. The summed E-state index contributed by atoms with van der Waals surface area (Å²) < 4.78 is 31.7. The first-order valence-corrected chi connectivity index (χ1v) is 18.2. The second-order valence-electron chi connectivity index (χ2n) is 13.6. The summed E-state index contributed by atoms with van der Waals surface area (Å²) in [6, 6.07) is 39.6. The summed E-state index contributed by atoms with van der Waals surface area (Å²) in [5.74, 6) is -2.76. The van der Waals surface area contributed by atoms with E-state index in [0.717, 1.165) is 45.4 Å². The summed E-state index contributed by atoms with van der Waals surface area (Å²) in [4.78, 5) is 27.4. The highest BCUT2D eigenvalue weighted by Gasteiger charge is 2.38.